The van der Waals surface area contributed by atoms with E-state index in [-0.39, 0.29) is 18.9 Å². The average molecular weight is 206 g/mol. The van der Waals surface area contributed by atoms with Crippen LogP contribution in [-0.4, -0.2) is 34.9 Å². The maximum atomic E-state index is 11.5. The summed E-state index contributed by atoms with van der Waals surface area (Å²) in [5.41, 5.74) is 0.876. The first kappa shape index (κ1) is 9.79. The van der Waals surface area contributed by atoms with Crippen molar-refractivity contribution in [2.45, 2.75) is 12.5 Å². The van der Waals surface area contributed by atoms with Crippen LogP contribution >= 0.6 is 0 Å². The number of rotatable bonds is 2. The molecule has 2 heterocycles. The monoisotopic (exact) mass is 206 g/mol. The average Bonchev–Trinajstić information content (AvgIpc) is 2.57. The van der Waals surface area contributed by atoms with Crippen LogP contribution in [-0.2, 0) is 4.79 Å². The first-order valence-corrected chi connectivity index (χ1v) is 4.60. The van der Waals surface area contributed by atoms with Crippen molar-refractivity contribution in [2.75, 3.05) is 11.4 Å². The summed E-state index contributed by atoms with van der Waals surface area (Å²) in [7, 11) is 0. The van der Waals surface area contributed by atoms with Gasteiger partial charge in [0.05, 0.1) is 31.0 Å². The number of carbonyl (C=O) groups is 2. The van der Waals surface area contributed by atoms with E-state index in [9.17, 15) is 14.7 Å². The molecule has 5 nitrogen and oxygen atoms in total. The van der Waals surface area contributed by atoms with Gasteiger partial charge in [0.25, 0.3) is 0 Å². The lowest BCUT2D eigenvalue weighted by Gasteiger charge is -2.16. The number of carbonyl (C=O) groups excluding carboxylic acids is 2. The predicted octanol–water partition coefficient (Wildman–Crippen LogP) is -0.00830. The third-order valence-electron chi connectivity index (χ3n) is 2.36. The summed E-state index contributed by atoms with van der Waals surface area (Å²) in [5.74, 6) is -0.182. The Morgan fingerprint density at radius 3 is 3.00 bits per heavy atom. The Hall–Kier alpha value is -1.75. The molecular weight excluding hydrogens is 196 g/mol. The fourth-order valence-corrected chi connectivity index (χ4v) is 1.64. The molecule has 0 saturated carbocycles. The van der Waals surface area contributed by atoms with E-state index in [2.05, 4.69) is 4.98 Å². The molecule has 78 valence electrons. The zero-order valence-corrected chi connectivity index (χ0v) is 7.96. The summed E-state index contributed by atoms with van der Waals surface area (Å²) in [5, 5.41) is 9.32. The Morgan fingerprint density at radius 1 is 1.60 bits per heavy atom. The van der Waals surface area contributed by atoms with Gasteiger partial charge in [0, 0.05) is 11.8 Å². The molecule has 2 rings (SSSR count). The van der Waals surface area contributed by atoms with Gasteiger partial charge < -0.3 is 10.0 Å². The highest BCUT2D eigenvalue weighted by atomic mass is 16.3. The van der Waals surface area contributed by atoms with Crippen LogP contribution < -0.4 is 4.90 Å². The summed E-state index contributed by atoms with van der Waals surface area (Å²) in [4.78, 5) is 27.5. The molecule has 0 radical (unpaired) electrons. The van der Waals surface area contributed by atoms with Crippen molar-refractivity contribution in [3.8, 4) is 0 Å². The number of aliphatic hydroxyl groups excluding tert-OH is 1. The van der Waals surface area contributed by atoms with Crippen molar-refractivity contribution in [3.05, 3.63) is 24.0 Å². The molecule has 1 aliphatic heterocycles. The predicted molar refractivity (Wildman–Crippen MR) is 52.6 cm³/mol. The summed E-state index contributed by atoms with van der Waals surface area (Å²) in [6, 6.07) is 1.54. The molecule has 1 saturated heterocycles. The highest BCUT2D eigenvalue weighted by Gasteiger charge is 2.30. The SMILES string of the molecule is O=Cc1ccncc1N1CC(O)CC1=O. The normalized spacial score (nSPS) is 20.7. The molecular formula is C10H10N2O3. The van der Waals surface area contributed by atoms with Gasteiger partial charge in [0.2, 0.25) is 5.91 Å². The number of aldehydes is 1. The Bertz CT molecular complexity index is 405. The second-order valence-electron chi connectivity index (χ2n) is 3.41. The number of aromatic nitrogens is 1. The highest BCUT2D eigenvalue weighted by molar-refractivity contribution is 6.00. The molecule has 1 unspecified atom stereocenters. The van der Waals surface area contributed by atoms with Crippen molar-refractivity contribution >= 4 is 17.9 Å². The van der Waals surface area contributed by atoms with Gasteiger partial charge in [-0.15, -0.1) is 0 Å². The number of hydrogen-bond donors (Lipinski definition) is 1. The van der Waals surface area contributed by atoms with Crippen LogP contribution in [0.3, 0.4) is 0 Å². The zero-order chi connectivity index (χ0) is 10.8. The van der Waals surface area contributed by atoms with Crippen LogP contribution in [0.15, 0.2) is 18.5 Å². The van der Waals surface area contributed by atoms with Crippen LogP contribution in [0.5, 0.6) is 0 Å². The molecule has 5 heteroatoms. The van der Waals surface area contributed by atoms with Gasteiger partial charge in [-0.3, -0.25) is 14.6 Å². The van der Waals surface area contributed by atoms with Crippen molar-refractivity contribution in [1.29, 1.82) is 0 Å². The third-order valence-corrected chi connectivity index (χ3v) is 2.36. The summed E-state index contributed by atoms with van der Waals surface area (Å²) in [6.07, 6.45) is 3.07. The minimum atomic E-state index is -0.655. The first-order chi connectivity index (χ1) is 7.22. The lowest BCUT2D eigenvalue weighted by atomic mass is 10.2. The molecule has 1 aliphatic rings. The van der Waals surface area contributed by atoms with Crippen LogP contribution in [0.2, 0.25) is 0 Å². The molecule has 1 fully saturated rings. The fourth-order valence-electron chi connectivity index (χ4n) is 1.64. The summed E-state index contributed by atoms with van der Waals surface area (Å²) >= 11 is 0. The second-order valence-corrected chi connectivity index (χ2v) is 3.41. The Labute approximate surface area is 86.3 Å². The lowest BCUT2D eigenvalue weighted by molar-refractivity contribution is -0.117. The zero-order valence-electron chi connectivity index (χ0n) is 7.96. The molecule has 0 aromatic carbocycles. The van der Waals surface area contributed by atoms with E-state index in [1.165, 1.54) is 17.3 Å². The van der Waals surface area contributed by atoms with Crippen LogP contribution in [0.4, 0.5) is 5.69 Å². The van der Waals surface area contributed by atoms with Crippen molar-refractivity contribution in [1.82, 2.24) is 4.98 Å². The number of pyridine rings is 1. The topological polar surface area (TPSA) is 70.5 Å². The first-order valence-electron chi connectivity index (χ1n) is 4.60. The van der Waals surface area contributed by atoms with Crippen LogP contribution in [0, 0.1) is 0 Å². The number of aliphatic hydroxyl groups is 1. The molecule has 1 amide bonds. The van der Waals surface area contributed by atoms with Crippen LogP contribution in [0.1, 0.15) is 16.8 Å². The quantitative estimate of drug-likeness (QED) is 0.691. The molecule has 1 atom stereocenters. The van der Waals surface area contributed by atoms with Gasteiger partial charge in [-0.1, -0.05) is 0 Å². The number of nitrogens with zero attached hydrogens (tertiary/aromatic N) is 2. The molecule has 0 aliphatic carbocycles. The largest absolute Gasteiger partial charge is 0.391 e. The second kappa shape index (κ2) is 3.78. The number of amides is 1. The molecule has 0 spiro atoms. The Morgan fingerprint density at radius 2 is 2.40 bits per heavy atom. The fraction of sp³-hybridized carbons (Fsp3) is 0.300. The highest BCUT2D eigenvalue weighted by Crippen LogP contribution is 2.23. The van der Waals surface area contributed by atoms with Crippen molar-refractivity contribution < 1.29 is 14.7 Å². The molecule has 0 bridgehead atoms. The minimum Gasteiger partial charge on any atom is -0.391 e. The van der Waals surface area contributed by atoms with Gasteiger partial charge in [0.1, 0.15) is 0 Å². The van der Waals surface area contributed by atoms with E-state index in [4.69, 9.17) is 0 Å². The standard InChI is InChI=1S/C10H10N2O3/c13-6-7-1-2-11-4-9(7)12-5-8(14)3-10(12)15/h1-2,4,6,8,14H,3,5H2. The van der Waals surface area contributed by atoms with Gasteiger partial charge >= 0.3 is 0 Å². The van der Waals surface area contributed by atoms with E-state index in [0.29, 0.717) is 17.5 Å². The maximum Gasteiger partial charge on any atom is 0.229 e. The lowest BCUT2D eigenvalue weighted by Crippen LogP contribution is -2.26. The van der Waals surface area contributed by atoms with Gasteiger partial charge in [0.15, 0.2) is 6.29 Å². The summed E-state index contributed by atoms with van der Waals surface area (Å²) < 4.78 is 0. The smallest absolute Gasteiger partial charge is 0.229 e. The van der Waals surface area contributed by atoms with Gasteiger partial charge in [-0.05, 0) is 6.07 Å². The Balaban J connectivity index is 2.37. The molecule has 1 aromatic rings. The number of β-amino-alcohol motifs (C(OH)–C–C–N with tert-alkyl or cyclic N) is 1. The molecule has 15 heavy (non-hydrogen) atoms. The summed E-state index contributed by atoms with van der Waals surface area (Å²) in [6.45, 7) is 0.228. The third kappa shape index (κ3) is 1.73. The van der Waals surface area contributed by atoms with E-state index in [1.807, 2.05) is 0 Å². The van der Waals surface area contributed by atoms with Crippen molar-refractivity contribution in [3.63, 3.8) is 0 Å². The van der Waals surface area contributed by atoms with Gasteiger partial charge in [-0.25, -0.2) is 0 Å². The number of anilines is 1. The number of hydrogen-bond acceptors (Lipinski definition) is 4. The maximum absolute atomic E-state index is 11.5. The van der Waals surface area contributed by atoms with E-state index in [0.717, 1.165) is 0 Å². The van der Waals surface area contributed by atoms with E-state index >= 15 is 0 Å². The van der Waals surface area contributed by atoms with E-state index < -0.39 is 6.10 Å². The van der Waals surface area contributed by atoms with E-state index in [1.54, 1.807) is 6.07 Å². The Kier molecular flexibility index (Phi) is 2.47. The van der Waals surface area contributed by atoms with Crippen LogP contribution in [0.25, 0.3) is 0 Å². The van der Waals surface area contributed by atoms with Crippen molar-refractivity contribution in [2.24, 2.45) is 0 Å². The molecule has 1 N–H and O–H groups in total. The minimum absolute atomic E-state index is 0.104. The van der Waals surface area contributed by atoms with Gasteiger partial charge in [-0.2, -0.15) is 0 Å². The molecule has 1 aromatic heterocycles.